The van der Waals surface area contributed by atoms with Crippen molar-refractivity contribution in [1.29, 1.82) is 0 Å². The monoisotopic (exact) mass is 428 g/mol. The molecule has 0 heterocycles. The minimum atomic E-state index is 0.108. The van der Waals surface area contributed by atoms with E-state index in [0.29, 0.717) is 0 Å². The standard InChI is InChI=1S/C33H32/c1-25(13-12-19-30-24-23-29-16-10-11-20-32(29)30)21-22-26(2)33(31-17-8-5-9-18-31)27(3)28-14-6-4-7-15-28/h4-12,14-20,24,33H,1-3,13,21-23H2. The van der Waals surface area contributed by atoms with Gasteiger partial charge in [-0.15, -0.1) is 0 Å². The first kappa shape index (κ1) is 22.6. The average Bonchev–Trinajstić information content (AvgIpc) is 3.27. The van der Waals surface area contributed by atoms with Crippen LogP contribution >= 0.6 is 0 Å². The van der Waals surface area contributed by atoms with Crippen LogP contribution in [0.3, 0.4) is 0 Å². The van der Waals surface area contributed by atoms with Crippen molar-refractivity contribution in [1.82, 2.24) is 0 Å². The first-order valence-corrected chi connectivity index (χ1v) is 11.7. The first-order valence-electron chi connectivity index (χ1n) is 11.7. The third-order valence-electron chi connectivity index (χ3n) is 6.41. The van der Waals surface area contributed by atoms with Crippen LogP contribution in [0.4, 0.5) is 0 Å². The summed E-state index contributed by atoms with van der Waals surface area (Å²) in [5.74, 6) is 0.108. The minimum Gasteiger partial charge on any atom is -0.0995 e. The Morgan fingerprint density at radius 3 is 2.21 bits per heavy atom. The van der Waals surface area contributed by atoms with E-state index in [9.17, 15) is 0 Å². The van der Waals surface area contributed by atoms with Gasteiger partial charge in [-0.2, -0.15) is 0 Å². The van der Waals surface area contributed by atoms with Gasteiger partial charge in [0.25, 0.3) is 0 Å². The van der Waals surface area contributed by atoms with Crippen LogP contribution in [0.2, 0.25) is 0 Å². The maximum atomic E-state index is 4.49. The Morgan fingerprint density at radius 2 is 1.45 bits per heavy atom. The van der Waals surface area contributed by atoms with Crippen molar-refractivity contribution in [3.63, 3.8) is 0 Å². The van der Waals surface area contributed by atoms with Crippen LogP contribution in [-0.2, 0) is 6.42 Å². The molecule has 4 rings (SSSR count). The smallest absolute Gasteiger partial charge is 0.0296 e. The molecule has 0 amide bonds. The predicted octanol–water partition coefficient (Wildman–Crippen LogP) is 8.96. The number of benzene rings is 3. The number of hydrogen-bond donors (Lipinski definition) is 0. The van der Waals surface area contributed by atoms with Crippen molar-refractivity contribution in [2.45, 2.75) is 31.6 Å². The molecule has 1 atom stereocenters. The molecule has 0 spiro atoms. The summed E-state index contributed by atoms with van der Waals surface area (Å²) in [4.78, 5) is 0. The highest BCUT2D eigenvalue weighted by molar-refractivity contribution is 5.79. The number of allylic oxidation sites excluding steroid dienone is 7. The molecule has 0 N–H and O–H groups in total. The van der Waals surface area contributed by atoms with Crippen LogP contribution < -0.4 is 0 Å². The van der Waals surface area contributed by atoms with E-state index in [4.69, 9.17) is 0 Å². The van der Waals surface area contributed by atoms with Gasteiger partial charge in [-0.05, 0) is 59.1 Å². The van der Waals surface area contributed by atoms with Gasteiger partial charge in [0.1, 0.15) is 0 Å². The van der Waals surface area contributed by atoms with Crippen LogP contribution in [0, 0.1) is 0 Å². The van der Waals surface area contributed by atoms with Gasteiger partial charge in [0, 0.05) is 5.92 Å². The second-order valence-corrected chi connectivity index (χ2v) is 8.77. The second-order valence-electron chi connectivity index (χ2n) is 8.77. The molecule has 0 heteroatoms. The lowest BCUT2D eigenvalue weighted by atomic mass is 9.81. The zero-order chi connectivity index (χ0) is 23.0. The lowest BCUT2D eigenvalue weighted by Gasteiger charge is -2.23. The Kier molecular flexibility index (Phi) is 7.37. The van der Waals surface area contributed by atoms with Gasteiger partial charge >= 0.3 is 0 Å². The van der Waals surface area contributed by atoms with E-state index in [2.05, 4.69) is 117 Å². The van der Waals surface area contributed by atoms with Crippen LogP contribution in [0.1, 0.15) is 47.4 Å². The Hall–Kier alpha value is -3.64. The molecule has 1 aliphatic carbocycles. The molecule has 0 radical (unpaired) electrons. The summed E-state index contributed by atoms with van der Waals surface area (Å²) in [5, 5.41) is 0. The molecule has 0 saturated heterocycles. The molecule has 1 unspecified atom stereocenters. The van der Waals surface area contributed by atoms with Gasteiger partial charge in [0.05, 0.1) is 0 Å². The van der Waals surface area contributed by atoms with E-state index in [-0.39, 0.29) is 5.92 Å². The molecular formula is C33H32. The summed E-state index contributed by atoms with van der Waals surface area (Å²) >= 11 is 0. The van der Waals surface area contributed by atoms with Crippen LogP contribution in [0.25, 0.3) is 11.1 Å². The highest BCUT2D eigenvalue weighted by Gasteiger charge is 2.19. The molecule has 0 saturated carbocycles. The average molecular weight is 429 g/mol. The largest absolute Gasteiger partial charge is 0.0995 e. The summed E-state index contributed by atoms with van der Waals surface area (Å²) in [6.45, 7) is 13.3. The summed E-state index contributed by atoms with van der Waals surface area (Å²) < 4.78 is 0. The third-order valence-corrected chi connectivity index (χ3v) is 6.41. The van der Waals surface area contributed by atoms with Gasteiger partial charge in [0.2, 0.25) is 0 Å². The molecule has 3 aromatic rings. The van der Waals surface area contributed by atoms with Crippen molar-refractivity contribution < 1.29 is 0 Å². The van der Waals surface area contributed by atoms with Crippen LogP contribution in [-0.4, -0.2) is 0 Å². The van der Waals surface area contributed by atoms with E-state index < -0.39 is 0 Å². The molecule has 0 fully saturated rings. The van der Waals surface area contributed by atoms with Crippen molar-refractivity contribution in [2.24, 2.45) is 0 Å². The van der Waals surface area contributed by atoms with Crippen molar-refractivity contribution in [3.8, 4) is 0 Å². The van der Waals surface area contributed by atoms with Gasteiger partial charge in [-0.1, -0.05) is 134 Å². The summed E-state index contributed by atoms with van der Waals surface area (Å²) in [6, 6.07) is 29.7. The summed E-state index contributed by atoms with van der Waals surface area (Å²) in [5.41, 5.74) is 10.0. The van der Waals surface area contributed by atoms with E-state index in [0.717, 1.165) is 31.3 Å². The predicted molar refractivity (Wildman–Crippen MR) is 144 cm³/mol. The Balaban J connectivity index is 1.37. The topological polar surface area (TPSA) is 0 Å². The zero-order valence-corrected chi connectivity index (χ0v) is 19.3. The first-order chi connectivity index (χ1) is 16.1. The highest BCUT2D eigenvalue weighted by atomic mass is 14.2. The Labute approximate surface area is 199 Å². The summed E-state index contributed by atoms with van der Waals surface area (Å²) in [7, 11) is 0. The SMILES string of the molecule is C=C(CC=CC1=CCc2ccccc21)CCC(=C)C(C(=C)c1ccccc1)c1ccccc1. The molecule has 0 aliphatic heterocycles. The molecule has 1 aliphatic rings. The Morgan fingerprint density at radius 1 is 0.788 bits per heavy atom. The van der Waals surface area contributed by atoms with Gasteiger partial charge in [0.15, 0.2) is 0 Å². The van der Waals surface area contributed by atoms with Gasteiger partial charge in [-0.25, -0.2) is 0 Å². The fourth-order valence-electron chi connectivity index (χ4n) is 4.55. The van der Waals surface area contributed by atoms with Crippen LogP contribution in [0.15, 0.2) is 134 Å². The lowest BCUT2D eigenvalue weighted by molar-refractivity contribution is 0.841. The highest BCUT2D eigenvalue weighted by Crippen LogP contribution is 2.38. The van der Waals surface area contributed by atoms with Crippen LogP contribution in [0.5, 0.6) is 0 Å². The van der Waals surface area contributed by atoms with Crippen molar-refractivity contribution in [2.75, 3.05) is 0 Å². The minimum absolute atomic E-state index is 0.108. The van der Waals surface area contributed by atoms with Gasteiger partial charge in [-0.3, -0.25) is 0 Å². The second kappa shape index (κ2) is 10.8. The van der Waals surface area contributed by atoms with E-state index >= 15 is 0 Å². The Bertz CT molecular complexity index is 1190. The molecule has 33 heavy (non-hydrogen) atoms. The molecule has 164 valence electrons. The maximum absolute atomic E-state index is 4.49. The molecule has 0 nitrogen and oxygen atoms in total. The van der Waals surface area contributed by atoms with Gasteiger partial charge < -0.3 is 0 Å². The zero-order valence-electron chi connectivity index (χ0n) is 19.3. The van der Waals surface area contributed by atoms with E-state index in [1.165, 1.54) is 39.0 Å². The number of fused-ring (bicyclic) bond motifs is 1. The normalized spacial score (nSPS) is 13.4. The van der Waals surface area contributed by atoms with E-state index in [1.807, 2.05) is 6.07 Å². The van der Waals surface area contributed by atoms with Crippen molar-refractivity contribution in [3.05, 3.63) is 156 Å². The molecule has 0 aromatic heterocycles. The molecular weight excluding hydrogens is 396 g/mol. The molecule has 3 aromatic carbocycles. The fraction of sp³-hybridized carbons (Fsp3) is 0.152. The number of hydrogen-bond acceptors (Lipinski definition) is 0. The fourth-order valence-corrected chi connectivity index (χ4v) is 4.55. The molecule has 0 bridgehead atoms. The lowest BCUT2D eigenvalue weighted by Crippen LogP contribution is -2.05. The quantitative estimate of drug-likeness (QED) is 0.283. The van der Waals surface area contributed by atoms with Crippen molar-refractivity contribution >= 4 is 11.1 Å². The maximum Gasteiger partial charge on any atom is 0.0296 e. The number of rotatable bonds is 10. The summed E-state index contributed by atoms with van der Waals surface area (Å²) in [6.07, 6.45) is 10.6. The third kappa shape index (κ3) is 5.59. The van der Waals surface area contributed by atoms with E-state index in [1.54, 1.807) is 0 Å².